The van der Waals surface area contributed by atoms with E-state index in [1.807, 2.05) is 20.8 Å². The summed E-state index contributed by atoms with van der Waals surface area (Å²) >= 11 is 0. The fraction of sp³-hybridized carbons (Fsp3) is 0.588. The minimum absolute atomic E-state index is 0.0426. The van der Waals surface area contributed by atoms with Crippen LogP contribution in [0, 0.1) is 5.41 Å². The Morgan fingerprint density at radius 1 is 1.36 bits per heavy atom. The molecule has 0 aromatic carbocycles. The molecule has 0 spiro atoms. The standard InChI is InChI=1S/C17H22F3N3O2/c1-16(2,3)10-14(24)22(4)12-6-8-23(15(12)25)13-9-11(5-7-21-13)17(18,19)20/h5,7,9,12H,6,8,10H2,1-4H3. The van der Waals surface area contributed by atoms with Gasteiger partial charge >= 0.3 is 6.18 Å². The number of nitrogens with zero attached hydrogens (tertiary/aromatic N) is 3. The van der Waals surface area contributed by atoms with Crippen molar-refractivity contribution in [1.29, 1.82) is 0 Å². The monoisotopic (exact) mass is 357 g/mol. The van der Waals surface area contributed by atoms with Crippen LogP contribution in [0.25, 0.3) is 0 Å². The molecule has 2 amide bonds. The fourth-order valence-electron chi connectivity index (χ4n) is 2.75. The van der Waals surface area contributed by atoms with Crippen molar-refractivity contribution in [2.24, 2.45) is 5.41 Å². The van der Waals surface area contributed by atoms with Crippen molar-refractivity contribution < 1.29 is 22.8 Å². The zero-order valence-corrected chi connectivity index (χ0v) is 14.7. The van der Waals surface area contributed by atoms with Crippen LogP contribution in [0.4, 0.5) is 19.0 Å². The van der Waals surface area contributed by atoms with Gasteiger partial charge in [0.1, 0.15) is 11.9 Å². The Kier molecular flexibility index (Phi) is 5.11. The molecule has 0 radical (unpaired) electrons. The zero-order valence-electron chi connectivity index (χ0n) is 14.7. The Morgan fingerprint density at radius 2 is 2.00 bits per heavy atom. The largest absolute Gasteiger partial charge is 0.416 e. The molecule has 0 bridgehead atoms. The summed E-state index contributed by atoms with van der Waals surface area (Å²) in [6.45, 7) is 6.00. The van der Waals surface area contributed by atoms with Gasteiger partial charge in [0.05, 0.1) is 5.56 Å². The van der Waals surface area contributed by atoms with Gasteiger partial charge in [-0.2, -0.15) is 13.2 Å². The molecular weight excluding hydrogens is 335 g/mol. The molecule has 2 heterocycles. The van der Waals surface area contributed by atoms with E-state index in [2.05, 4.69) is 4.98 Å². The number of hydrogen-bond acceptors (Lipinski definition) is 3. The molecule has 1 aliphatic rings. The van der Waals surface area contributed by atoms with E-state index in [1.165, 1.54) is 9.80 Å². The molecule has 1 aromatic heterocycles. The first-order chi connectivity index (χ1) is 11.4. The van der Waals surface area contributed by atoms with Crippen LogP contribution < -0.4 is 4.90 Å². The van der Waals surface area contributed by atoms with Crippen LogP contribution >= 0.6 is 0 Å². The van der Waals surface area contributed by atoms with E-state index in [4.69, 9.17) is 0 Å². The predicted molar refractivity (Wildman–Crippen MR) is 86.8 cm³/mol. The number of pyridine rings is 1. The lowest BCUT2D eigenvalue weighted by atomic mass is 9.91. The molecule has 0 saturated carbocycles. The second-order valence-electron chi connectivity index (χ2n) is 7.44. The number of hydrogen-bond donors (Lipinski definition) is 0. The third kappa shape index (κ3) is 4.49. The quantitative estimate of drug-likeness (QED) is 0.835. The second-order valence-corrected chi connectivity index (χ2v) is 7.44. The molecule has 0 N–H and O–H groups in total. The summed E-state index contributed by atoms with van der Waals surface area (Å²) < 4.78 is 38.5. The van der Waals surface area contributed by atoms with Gasteiger partial charge in [0.2, 0.25) is 5.91 Å². The Hall–Kier alpha value is -2.12. The molecule has 1 saturated heterocycles. The Balaban J connectivity index is 2.15. The molecule has 8 heteroatoms. The van der Waals surface area contributed by atoms with Crippen LogP contribution in [0.1, 0.15) is 39.2 Å². The van der Waals surface area contributed by atoms with Crippen LogP contribution in [-0.4, -0.2) is 41.3 Å². The van der Waals surface area contributed by atoms with E-state index in [9.17, 15) is 22.8 Å². The van der Waals surface area contributed by atoms with Crippen LogP contribution in [0.2, 0.25) is 0 Å². The molecule has 1 atom stereocenters. The summed E-state index contributed by atoms with van der Waals surface area (Å²) in [6, 6.07) is 1.05. The van der Waals surface area contributed by atoms with Gasteiger partial charge in [-0.1, -0.05) is 20.8 Å². The molecule has 0 aliphatic carbocycles. The summed E-state index contributed by atoms with van der Waals surface area (Å²) in [5.74, 6) is -0.611. The zero-order chi connectivity index (χ0) is 19.0. The lowest BCUT2D eigenvalue weighted by molar-refractivity contribution is -0.138. The van der Waals surface area contributed by atoms with Crippen molar-refractivity contribution in [1.82, 2.24) is 9.88 Å². The number of likely N-dealkylation sites (N-methyl/N-ethyl adjacent to an activating group) is 1. The van der Waals surface area contributed by atoms with Crippen molar-refractivity contribution >= 4 is 17.6 Å². The van der Waals surface area contributed by atoms with Crippen molar-refractivity contribution in [2.75, 3.05) is 18.5 Å². The molecule has 1 unspecified atom stereocenters. The fourth-order valence-corrected chi connectivity index (χ4v) is 2.75. The third-order valence-electron chi connectivity index (χ3n) is 4.07. The molecule has 1 aliphatic heterocycles. The van der Waals surface area contributed by atoms with Crippen molar-refractivity contribution in [3.05, 3.63) is 23.9 Å². The Morgan fingerprint density at radius 3 is 2.56 bits per heavy atom. The lowest BCUT2D eigenvalue weighted by Gasteiger charge is -2.27. The Labute approximate surface area is 144 Å². The molecular formula is C17H22F3N3O2. The number of carbonyl (C=O) groups excluding carboxylic acids is 2. The summed E-state index contributed by atoms with van der Waals surface area (Å²) in [5, 5.41) is 0. The van der Waals surface area contributed by atoms with E-state index >= 15 is 0 Å². The number of amides is 2. The number of aromatic nitrogens is 1. The maximum Gasteiger partial charge on any atom is 0.416 e. The number of alkyl halides is 3. The summed E-state index contributed by atoms with van der Waals surface area (Å²) in [5.41, 5.74) is -1.07. The number of halogens is 3. The smallest absolute Gasteiger partial charge is 0.334 e. The molecule has 1 aromatic rings. The van der Waals surface area contributed by atoms with E-state index in [0.29, 0.717) is 6.42 Å². The van der Waals surface area contributed by atoms with E-state index in [-0.39, 0.29) is 30.1 Å². The minimum atomic E-state index is -4.50. The summed E-state index contributed by atoms with van der Waals surface area (Å²) in [7, 11) is 1.56. The van der Waals surface area contributed by atoms with Gasteiger partial charge in [-0.05, 0) is 24.0 Å². The first kappa shape index (κ1) is 19.2. The van der Waals surface area contributed by atoms with Crippen molar-refractivity contribution in [2.45, 2.75) is 45.8 Å². The van der Waals surface area contributed by atoms with Crippen LogP contribution in [0.15, 0.2) is 18.3 Å². The van der Waals surface area contributed by atoms with Crippen LogP contribution in [0.5, 0.6) is 0 Å². The predicted octanol–water partition coefficient (Wildman–Crippen LogP) is 3.10. The van der Waals surface area contributed by atoms with Gasteiger partial charge in [-0.25, -0.2) is 4.98 Å². The van der Waals surface area contributed by atoms with Gasteiger partial charge in [0, 0.05) is 26.2 Å². The number of anilines is 1. The highest BCUT2D eigenvalue weighted by Crippen LogP contribution is 2.32. The highest BCUT2D eigenvalue weighted by molar-refractivity contribution is 6.00. The van der Waals surface area contributed by atoms with Crippen LogP contribution in [-0.2, 0) is 15.8 Å². The van der Waals surface area contributed by atoms with Gasteiger partial charge in [-0.3, -0.25) is 14.5 Å². The summed E-state index contributed by atoms with van der Waals surface area (Å²) in [6.07, 6.45) is -2.81. The van der Waals surface area contributed by atoms with Gasteiger partial charge < -0.3 is 4.90 Å². The topological polar surface area (TPSA) is 53.5 Å². The maximum absolute atomic E-state index is 12.8. The molecule has 2 rings (SSSR count). The average Bonchev–Trinajstić information content (AvgIpc) is 2.85. The highest BCUT2D eigenvalue weighted by atomic mass is 19.4. The first-order valence-electron chi connectivity index (χ1n) is 8.00. The van der Waals surface area contributed by atoms with Gasteiger partial charge in [0.25, 0.3) is 5.91 Å². The molecule has 138 valence electrons. The normalized spacial score (nSPS) is 18.6. The van der Waals surface area contributed by atoms with Gasteiger partial charge in [0.15, 0.2) is 0 Å². The van der Waals surface area contributed by atoms with Crippen LogP contribution in [0.3, 0.4) is 0 Å². The molecule has 5 nitrogen and oxygen atoms in total. The number of carbonyl (C=O) groups is 2. The average molecular weight is 357 g/mol. The SMILES string of the molecule is CN(C(=O)CC(C)(C)C)C1CCN(c2cc(C(F)(F)F)ccn2)C1=O. The highest BCUT2D eigenvalue weighted by Gasteiger charge is 2.39. The summed E-state index contributed by atoms with van der Waals surface area (Å²) in [4.78, 5) is 31.4. The molecule has 25 heavy (non-hydrogen) atoms. The van der Waals surface area contributed by atoms with E-state index in [0.717, 1.165) is 18.3 Å². The number of rotatable bonds is 3. The first-order valence-corrected chi connectivity index (χ1v) is 8.00. The molecule has 1 fully saturated rings. The maximum atomic E-state index is 12.8. The second kappa shape index (κ2) is 6.65. The van der Waals surface area contributed by atoms with Crippen molar-refractivity contribution in [3.8, 4) is 0 Å². The van der Waals surface area contributed by atoms with E-state index in [1.54, 1.807) is 7.05 Å². The Bertz CT molecular complexity index is 668. The van der Waals surface area contributed by atoms with E-state index < -0.39 is 23.7 Å². The van der Waals surface area contributed by atoms with Crippen molar-refractivity contribution in [3.63, 3.8) is 0 Å². The van der Waals surface area contributed by atoms with Gasteiger partial charge in [-0.15, -0.1) is 0 Å². The third-order valence-corrected chi connectivity index (χ3v) is 4.07. The lowest BCUT2D eigenvalue weighted by Crippen LogP contribution is -2.44. The minimum Gasteiger partial charge on any atom is -0.334 e.